The summed E-state index contributed by atoms with van der Waals surface area (Å²) in [5, 5.41) is 3.16. The van der Waals surface area contributed by atoms with Gasteiger partial charge in [-0.1, -0.05) is 13.0 Å². The van der Waals surface area contributed by atoms with E-state index in [1.807, 2.05) is 7.05 Å². The van der Waals surface area contributed by atoms with Gasteiger partial charge in [-0.15, -0.1) is 0 Å². The molecule has 2 heterocycles. The van der Waals surface area contributed by atoms with Gasteiger partial charge in [-0.2, -0.15) is 0 Å². The van der Waals surface area contributed by atoms with Crippen molar-refractivity contribution in [3.8, 4) is 0 Å². The first-order chi connectivity index (χ1) is 8.26. The van der Waals surface area contributed by atoms with Gasteiger partial charge in [0.1, 0.15) is 5.82 Å². The van der Waals surface area contributed by atoms with Crippen LogP contribution >= 0.6 is 0 Å². The van der Waals surface area contributed by atoms with Gasteiger partial charge in [-0.05, 0) is 45.4 Å². The van der Waals surface area contributed by atoms with Crippen molar-refractivity contribution in [1.82, 2.24) is 10.3 Å². The van der Waals surface area contributed by atoms with E-state index in [1.54, 1.807) is 0 Å². The largest absolute Gasteiger partial charge is 0.351 e. The van der Waals surface area contributed by atoms with Crippen LogP contribution in [0, 0.1) is 0 Å². The van der Waals surface area contributed by atoms with Crippen LogP contribution in [-0.2, 0) is 6.54 Å². The Hall–Kier alpha value is -1.09. The molecule has 2 unspecified atom stereocenters. The molecule has 1 aliphatic rings. The average Bonchev–Trinajstić information content (AvgIpc) is 2.71. The summed E-state index contributed by atoms with van der Waals surface area (Å²) in [5.41, 5.74) is 1.12. The van der Waals surface area contributed by atoms with E-state index < -0.39 is 0 Å². The predicted molar refractivity (Wildman–Crippen MR) is 72.3 cm³/mol. The van der Waals surface area contributed by atoms with Crippen LogP contribution in [0.1, 0.15) is 38.8 Å². The van der Waals surface area contributed by atoms with E-state index in [0.29, 0.717) is 12.1 Å². The quantitative estimate of drug-likeness (QED) is 0.866. The molecule has 1 aromatic rings. The Balaban J connectivity index is 2.22. The van der Waals surface area contributed by atoms with E-state index in [4.69, 9.17) is 4.98 Å². The van der Waals surface area contributed by atoms with Gasteiger partial charge in [0, 0.05) is 18.6 Å². The molecule has 3 heteroatoms. The zero-order chi connectivity index (χ0) is 12.3. The van der Waals surface area contributed by atoms with E-state index in [0.717, 1.165) is 18.1 Å². The summed E-state index contributed by atoms with van der Waals surface area (Å²) in [4.78, 5) is 7.26. The molecule has 1 fully saturated rings. The summed E-state index contributed by atoms with van der Waals surface area (Å²) in [6.45, 7) is 5.42. The zero-order valence-electron chi connectivity index (χ0n) is 11.1. The van der Waals surface area contributed by atoms with E-state index in [2.05, 4.69) is 42.3 Å². The minimum Gasteiger partial charge on any atom is -0.351 e. The number of hydrogen-bond donors (Lipinski definition) is 1. The van der Waals surface area contributed by atoms with Crippen LogP contribution in [0.15, 0.2) is 18.2 Å². The summed E-state index contributed by atoms with van der Waals surface area (Å²) < 4.78 is 0. The number of pyridine rings is 1. The lowest BCUT2D eigenvalue weighted by molar-refractivity contribution is 0.619. The Morgan fingerprint density at radius 3 is 2.94 bits per heavy atom. The molecular weight excluding hydrogens is 210 g/mol. The predicted octanol–water partition coefficient (Wildman–Crippen LogP) is 2.57. The lowest BCUT2D eigenvalue weighted by Gasteiger charge is -2.29. The molecule has 0 bridgehead atoms. The number of rotatable bonds is 4. The first kappa shape index (κ1) is 12.4. The average molecular weight is 233 g/mol. The molecule has 1 aromatic heterocycles. The highest BCUT2D eigenvalue weighted by molar-refractivity contribution is 5.43. The molecule has 3 nitrogen and oxygen atoms in total. The smallest absolute Gasteiger partial charge is 0.129 e. The summed E-state index contributed by atoms with van der Waals surface area (Å²) in [5.74, 6) is 1.15. The van der Waals surface area contributed by atoms with Crippen LogP contribution in [-0.4, -0.2) is 24.1 Å². The van der Waals surface area contributed by atoms with Crippen molar-refractivity contribution in [3.63, 3.8) is 0 Å². The maximum Gasteiger partial charge on any atom is 0.129 e. The Bertz CT molecular complexity index is 364. The van der Waals surface area contributed by atoms with Crippen LogP contribution in [0.25, 0.3) is 0 Å². The molecule has 94 valence electrons. The topological polar surface area (TPSA) is 28.2 Å². The molecule has 1 saturated heterocycles. The molecule has 0 spiro atoms. The normalized spacial score (nSPS) is 24.3. The Morgan fingerprint density at radius 2 is 2.24 bits per heavy atom. The molecule has 2 atom stereocenters. The van der Waals surface area contributed by atoms with Gasteiger partial charge in [0.15, 0.2) is 0 Å². The highest BCUT2D eigenvalue weighted by Gasteiger charge is 2.30. The Kier molecular flexibility index (Phi) is 4.00. The van der Waals surface area contributed by atoms with Crippen LogP contribution in [0.4, 0.5) is 5.82 Å². The van der Waals surface area contributed by atoms with Crippen LogP contribution in [0.3, 0.4) is 0 Å². The second-order valence-electron chi connectivity index (χ2n) is 4.91. The lowest BCUT2D eigenvalue weighted by Crippen LogP contribution is -2.35. The third-order valence-corrected chi connectivity index (χ3v) is 3.67. The molecule has 0 aromatic carbocycles. The van der Waals surface area contributed by atoms with E-state index >= 15 is 0 Å². The molecule has 1 aliphatic heterocycles. The molecular formula is C14H23N3. The third kappa shape index (κ3) is 2.60. The highest BCUT2D eigenvalue weighted by Crippen LogP contribution is 2.30. The van der Waals surface area contributed by atoms with Crippen molar-refractivity contribution in [3.05, 3.63) is 23.9 Å². The SMILES string of the molecule is CCC1CCC(C)N1c1cccc(CNC)n1. The standard InChI is InChI=1S/C14H23N3/c1-4-13-9-8-11(2)17(13)14-7-5-6-12(16-14)10-15-3/h5-7,11,13,15H,4,8-10H2,1-3H3. The van der Waals surface area contributed by atoms with Gasteiger partial charge in [0.25, 0.3) is 0 Å². The molecule has 17 heavy (non-hydrogen) atoms. The third-order valence-electron chi connectivity index (χ3n) is 3.67. The molecule has 1 N–H and O–H groups in total. The van der Waals surface area contributed by atoms with Crippen molar-refractivity contribution in [1.29, 1.82) is 0 Å². The van der Waals surface area contributed by atoms with E-state index in [1.165, 1.54) is 19.3 Å². The first-order valence-electron chi connectivity index (χ1n) is 6.65. The Labute approximate surface area is 104 Å². The van der Waals surface area contributed by atoms with E-state index in [9.17, 15) is 0 Å². The van der Waals surface area contributed by atoms with Crippen molar-refractivity contribution in [2.24, 2.45) is 0 Å². The summed E-state index contributed by atoms with van der Waals surface area (Å²) in [7, 11) is 1.96. The maximum absolute atomic E-state index is 4.76. The highest BCUT2D eigenvalue weighted by atomic mass is 15.3. The zero-order valence-corrected chi connectivity index (χ0v) is 11.1. The van der Waals surface area contributed by atoms with Crippen molar-refractivity contribution in [2.45, 2.75) is 51.7 Å². The monoisotopic (exact) mass is 233 g/mol. The van der Waals surface area contributed by atoms with Crippen LogP contribution < -0.4 is 10.2 Å². The fraction of sp³-hybridized carbons (Fsp3) is 0.643. The van der Waals surface area contributed by atoms with Crippen LogP contribution in [0.2, 0.25) is 0 Å². The number of nitrogens with zero attached hydrogens (tertiary/aromatic N) is 2. The van der Waals surface area contributed by atoms with Gasteiger partial charge >= 0.3 is 0 Å². The van der Waals surface area contributed by atoms with Crippen LogP contribution in [0.5, 0.6) is 0 Å². The molecule has 0 amide bonds. The molecule has 0 saturated carbocycles. The number of hydrogen-bond acceptors (Lipinski definition) is 3. The maximum atomic E-state index is 4.76. The lowest BCUT2D eigenvalue weighted by atomic mass is 10.1. The number of anilines is 1. The number of aromatic nitrogens is 1. The summed E-state index contributed by atoms with van der Waals surface area (Å²) >= 11 is 0. The second-order valence-corrected chi connectivity index (χ2v) is 4.91. The van der Waals surface area contributed by atoms with Gasteiger partial charge in [-0.25, -0.2) is 4.98 Å². The van der Waals surface area contributed by atoms with Gasteiger partial charge in [0.2, 0.25) is 0 Å². The Morgan fingerprint density at radius 1 is 1.41 bits per heavy atom. The van der Waals surface area contributed by atoms with Crippen molar-refractivity contribution in [2.75, 3.05) is 11.9 Å². The van der Waals surface area contributed by atoms with Crippen molar-refractivity contribution < 1.29 is 0 Å². The van der Waals surface area contributed by atoms with E-state index in [-0.39, 0.29) is 0 Å². The fourth-order valence-electron chi connectivity index (χ4n) is 2.78. The molecule has 0 radical (unpaired) electrons. The first-order valence-corrected chi connectivity index (χ1v) is 6.65. The molecule has 2 rings (SSSR count). The second kappa shape index (κ2) is 5.50. The minimum atomic E-state index is 0.622. The number of nitrogens with one attached hydrogen (secondary N) is 1. The molecule has 0 aliphatic carbocycles. The fourth-order valence-corrected chi connectivity index (χ4v) is 2.78. The van der Waals surface area contributed by atoms with Gasteiger partial charge < -0.3 is 10.2 Å². The van der Waals surface area contributed by atoms with Crippen molar-refractivity contribution >= 4 is 5.82 Å². The van der Waals surface area contributed by atoms with Gasteiger partial charge in [-0.3, -0.25) is 0 Å². The summed E-state index contributed by atoms with van der Waals surface area (Å²) in [6, 6.07) is 7.64. The minimum absolute atomic E-state index is 0.622. The summed E-state index contributed by atoms with van der Waals surface area (Å²) in [6.07, 6.45) is 3.80. The van der Waals surface area contributed by atoms with Gasteiger partial charge in [0.05, 0.1) is 5.69 Å².